The number of hydrogen-bond donors (Lipinski definition) is 1. The maximum atomic E-state index is 11.1. The quantitative estimate of drug-likeness (QED) is 0.498. The van der Waals surface area contributed by atoms with Crippen LogP contribution < -0.4 is 0 Å². The highest BCUT2D eigenvalue weighted by atomic mass is 35.7. The molecular formula is C8H4ClNO3S2. The van der Waals surface area contributed by atoms with Crippen molar-refractivity contribution >= 4 is 38.6 Å². The van der Waals surface area contributed by atoms with Crippen molar-refractivity contribution < 1.29 is 13.2 Å². The Hall–Kier alpha value is -1.03. The standard InChI is InChI=1S/C8H4ClNO3S2/c9-15(12,13)8-6(4-11)1-5(3-10)2-7(8)14/h1-2,4,14H. The lowest BCUT2D eigenvalue weighted by atomic mass is 10.1. The third-order valence-corrected chi connectivity index (χ3v) is 3.51. The molecule has 1 rings (SSSR count). The first-order chi connectivity index (χ1) is 6.90. The van der Waals surface area contributed by atoms with Crippen LogP contribution in [-0.2, 0) is 9.05 Å². The van der Waals surface area contributed by atoms with Crippen LogP contribution in [0.5, 0.6) is 0 Å². The number of aldehydes is 1. The number of nitrogens with zero attached hydrogens (tertiary/aromatic N) is 1. The summed E-state index contributed by atoms with van der Waals surface area (Å²) in [5.74, 6) is 0. The number of nitriles is 1. The van der Waals surface area contributed by atoms with Gasteiger partial charge in [0.15, 0.2) is 6.29 Å². The summed E-state index contributed by atoms with van der Waals surface area (Å²) in [4.78, 5) is 10.2. The van der Waals surface area contributed by atoms with Crippen molar-refractivity contribution in [1.82, 2.24) is 0 Å². The van der Waals surface area contributed by atoms with Crippen molar-refractivity contribution in [2.75, 3.05) is 0 Å². The fraction of sp³-hybridized carbons (Fsp3) is 0. The van der Waals surface area contributed by atoms with E-state index in [2.05, 4.69) is 12.6 Å². The van der Waals surface area contributed by atoms with E-state index in [1.165, 1.54) is 6.07 Å². The van der Waals surface area contributed by atoms with Gasteiger partial charge in [-0.25, -0.2) is 8.42 Å². The van der Waals surface area contributed by atoms with Crippen LogP contribution >= 0.6 is 23.3 Å². The Morgan fingerprint density at radius 1 is 1.47 bits per heavy atom. The molecule has 0 aliphatic heterocycles. The molecule has 0 saturated heterocycles. The number of halogens is 1. The molecule has 0 radical (unpaired) electrons. The first kappa shape index (κ1) is 12.0. The van der Waals surface area contributed by atoms with Crippen LogP contribution in [0.15, 0.2) is 21.9 Å². The molecule has 0 aromatic heterocycles. The molecule has 15 heavy (non-hydrogen) atoms. The average Bonchev–Trinajstić information content (AvgIpc) is 2.14. The molecule has 0 atom stereocenters. The minimum absolute atomic E-state index is 0.0221. The van der Waals surface area contributed by atoms with E-state index in [0.717, 1.165) is 6.07 Å². The van der Waals surface area contributed by atoms with E-state index in [-0.39, 0.29) is 20.9 Å². The SMILES string of the molecule is N#Cc1cc(S)c(S(=O)(=O)Cl)c(C=O)c1. The molecule has 0 amide bonds. The van der Waals surface area contributed by atoms with E-state index in [1.807, 2.05) is 0 Å². The van der Waals surface area contributed by atoms with Crippen LogP contribution in [0.1, 0.15) is 15.9 Å². The average molecular weight is 262 g/mol. The molecule has 0 saturated carbocycles. The van der Waals surface area contributed by atoms with Crippen LogP contribution in [0.25, 0.3) is 0 Å². The fourth-order valence-corrected chi connectivity index (χ4v) is 3.06. The molecule has 0 bridgehead atoms. The largest absolute Gasteiger partial charge is 0.298 e. The molecule has 1 aromatic rings. The molecule has 0 unspecified atom stereocenters. The Kier molecular flexibility index (Phi) is 3.39. The molecule has 0 spiro atoms. The molecule has 4 nitrogen and oxygen atoms in total. The third-order valence-electron chi connectivity index (χ3n) is 1.60. The van der Waals surface area contributed by atoms with Crippen molar-refractivity contribution in [1.29, 1.82) is 5.26 Å². The monoisotopic (exact) mass is 261 g/mol. The van der Waals surface area contributed by atoms with Gasteiger partial charge in [-0.15, -0.1) is 12.6 Å². The van der Waals surface area contributed by atoms with Crippen molar-refractivity contribution in [3.8, 4) is 6.07 Å². The summed E-state index contributed by atoms with van der Waals surface area (Å²) in [5.41, 5.74) is -0.0276. The van der Waals surface area contributed by atoms with Crippen LogP contribution in [0.4, 0.5) is 0 Å². The molecule has 0 aliphatic rings. The van der Waals surface area contributed by atoms with Gasteiger partial charge in [0.25, 0.3) is 9.05 Å². The summed E-state index contributed by atoms with van der Waals surface area (Å²) in [5, 5.41) is 8.59. The Balaban J connectivity index is 3.69. The molecule has 0 fully saturated rings. The Bertz CT molecular complexity index is 560. The second-order valence-electron chi connectivity index (χ2n) is 2.58. The Morgan fingerprint density at radius 3 is 2.47 bits per heavy atom. The van der Waals surface area contributed by atoms with Gasteiger partial charge in [0.1, 0.15) is 4.90 Å². The first-order valence-corrected chi connectivity index (χ1v) is 6.32. The molecule has 1 aromatic carbocycles. The summed E-state index contributed by atoms with van der Waals surface area (Å²) in [6.07, 6.45) is 0.315. The molecule has 0 aliphatic carbocycles. The lowest BCUT2D eigenvalue weighted by molar-refractivity contribution is 0.112. The van der Waals surface area contributed by atoms with Gasteiger partial charge in [-0.2, -0.15) is 5.26 Å². The van der Waals surface area contributed by atoms with E-state index in [1.54, 1.807) is 6.07 Å². The summed E-state index contributed by atoms with van der Waals surface area (Å²) in [7, 11) is 1.08. The number of thiol groups is 1. The summed E-state index contributed by atoms with van der Waals surface area (Å²) in [6, 6.07) is 4.14. The van der Waals surface area contributed by atoms with Crippen molar-refractivity contribution in [2.45, 2.75) is 9.79 Å². The Labute approximate surface area is 96.3 Å². The number of carbonyl (C=O) groups excluding carboxylic acids is 1. The second-order valence-corrected chi connectivity index (χ2v) is 5.57. The van der Waals surface area contributed by atoms with Crippen LogP contribution in [0, 0.1) is 11.3 Å². The van der Waals surface area contributed by atoms with Gasteiger partial charge >= 0.3 is 0 Å². The van der Waals surface area contributed by atoms with E-state index in [0.29, 0.717) is 6.29 Å². The zero-order chi connectivity index (χ0) is 11.6. The van der Waals surface area contributed by atoms with Gasteiger partial charge in [0.05, 0.1) is 11.6 Å². The number of carbonyl (C=O) groups is 1. The summed E-state index contributed by atoms with van der Waals surface area (Å²) >= 11 is 3.87. The van der Waals surface area contributed by atoms with Crippen LogP contribution in [0.2, 0.25) is 0 Å². The van der Waals surface area contributed by atoms with Crippen molar-refractivity contribution in [3.05, 3.63) is 23.3 Å². The highest BCUT2D eigenvalue weighted by Crippen LogP contribution is 2.27. The summed E-state index contributed by atoms with van der Waals surface area (Å²) in [6.45, 7) is 0. The predicted octanol–water partition coefficient (Wildman–Crippen LogP) is 1.59. The molecule has 0 heterocycles. The number of benzene rings is 1. The highest BCUT2D eigenvalue weighted by Gasteiger charge is 2.19. The van der Waals surface area contributed by atoms with E-state index >= 15 is 0 Å². The molecule has 78 valence electrons. The molecule has 7 heteroatoms. The minimum Gasteiger partial charge on any atom is -0.298 e. The maximum Gasteiger partial charge on any atom is 0.263 e. The van der Waals surface area contributed by atoms with E-state index in [4.69, 9.17) is 15.9 Å². The number of rotatable bonds is 2. The lowest BCUT2D eigenvalue weighted by Gasteiger charge is -2.04. The second kappa shape index (κ2) is 4.23. The fourth-order valence-electron chi connectivity index (χ4n) is 1.05. The lowest BCUT2D eigenvalue weighted by Crippen LogP contribution is -2.00. The zero-order valence-electron chi connectivity index (χ0n) is 7.14. The Morgan fingerprint density at radius 2 is 2.07 bits per heavy atom. The van der Waals surface area contributed by atoms with Gasteiger partial charge in [-0.3, -0.25) is 4.79 Å². The normalized spacial score (nSPS) is 10.7. The van der Waals surface area contributed by atoms with Gasteiger partial charge in [0.2, 0.25) is 0 Å². The van der Waals surface area contributed by atoms with Gasteiger partial charge in [0, 0.05) is 21.1 Å². The first-order valence-electron chi connectivity index (χ1n) is 3.57. The van der Waals surface area contributed by atoms with Crippen LogP contribution in [-0.4, -0.2) is 14.7 Å². The summed E-state index contributed by atoms with van der Waals surface area (Å²) < 4.78 is 22.2. The van der Waals surface area contributed by atoms with E-state index < -0.39 is 9.05 Å². The minimum atomic E-state index is -4.05. The smallest absolute Gasteiger partial charge is 0.263 e. The predicted molar refractivity (Wildman–Crippen MR) is 56.8 cm³/mol. The zero-order valence-corrected chi connectivity index (χ0v) is 9.60. The highest BCUT2D eigenvalue weighted by molar-refractivity contribution is 8.14. The maximum absolute atomic E-state index is 11.1. The van der Waals surface area contributed by atoms with Crippen LogP contribution in [0.3, 0.4) is 0 Å². The number of hydrogen-bond acceptors (Lipinski definition) is 5. The van der Waals surface area contributed by atoms with Gasteiger partial charge in [-0.05, 0) is 12.1 Å². The topological polar surface area (TPSA) is 75.0 Å². The van der Waals surface area contributed by atoms with Gasteiger partial charge in [-0.1, -0.05) is 0 Å². The van der Waals surface area contributed by atoms with Crippen molar-refractivity contribution in [3.63, 3.8) is 0 Å². The molecule has 0 N–H and O–H groups in total. The molecular weight excluding hydrogens is 258 g/mol. The third kappa shape index (κ3) is 2.50. The van der Waals surface area contributed by atoms with E-state index in [9.17, 15) is 13.2 Å². The van der Waals surface area contributed by atoms with Gasteiger partial charge < -0.3 is 0 Å². The van der Waals surface area contributed by atoms with Crippen molar-refractivity contribution in [2.24, 2.45) is 0 Å².